The lowest BCUT2D eigenvalue weighted by atomic mass is 10.1. The molecule has 2 nitrogen and oxygen atoms in total. The molecule has 1 aliphatic heterocycles. The maximum atomic E-state index is 9.69. The summed E-state index contributed by atoms with van der Waals surface area (Å²) in [5.74, 6) is 0. The van der Waals surface area contributed by atoms with E-state index in [4.69, 9.17) is 0 Å². The van der Waals surface area contributed by atoms with E-state index >= 15 is 0 Å². The first kappa shape index (κ1) is 12.4. The van der Waals surface area contributed by atoms with Gasteiger partial charge in [-0.05, 0) is 23.1 Å². The summed E-state index contributed by atoms with van der Waals surface area (Å²) in [4.78, 5) is 2.37. The van der Waals surface area contributed by atoms with E-state index < -0.39 is 0 Å². The Morgan fingerprint density at radius 1 is 0.895 bits per heavy atom. The van der Waals surface area contributed by atoms with E-state index in [9.17, 15) is 5.11 Å². The zero-order valence-electron chi connectivity index (χ0n) is 11.0. The summed E-state index contributed by atoms with van der Waals surface area (Å²) in [6.07, 6.45) is 0.908. The predicted octanol–water partition coefficient (Wildman–Crippen LogP) is 2.61. The van der Waals surface area contributed by atoms with Crippen LogP contribution in [0.5, 0.6) is 0 Å². The van der Waals surface area contributed by atoms with Crippen molar-refractivity contribution in [3.8, 4) is 0 Å². The maximum Gasteiger partial charge on any atom is 0.0590 e. The van der Waals surface area contributed by atoms with Crippen LogP contribution in [0.4, 0.5) is 0 Å². The fourth-order valence-corrected chi connectivity index (χ4v) is 2.81. The smallest absolute Gasteiger partial charge is 0.0590 e. The molecule has 0 aliphatic carbocycles. The SMILES string of the molecule is OC[C@@H](Cc1ccccc1)N1Cc2ccccc2C1. The first-order valence-corrected chi connectivity index (χ1v) is 6.82. The molecule has 1 atom stereocenters. The van der Waals surface area contributed by atoms with Crippen LogP contribution in [0.15, 0.2) is 54.6 Å². The van der Waals surface area contributed by atoms with E-state index in [1.54, 1.807) is 0 Å². The molecule has 0 aromatic heterocycles. The molecule has 2 aromatic rings. The molecule has 19 heavy (non-hydrogen) atoms. The molecule has 3 rings (SSSR count). The third-order valence-corrected chi connectivity index (χ3v) is 3.91. The van der Waals surface area contributed by atoms with Crippen LogP contribution in [0.25, 0.3) is 0 Å². The third kappa shape index (κ3) is 2.70. The van der Waals surface area contributed by atoms with Crippen molar-refractivity contribution in [1.29, 1.82) is 0 Å². The van der Waals surface area contributed by atoms with Gasteiger partial charge >= 0.3 is 0 Å². The topological polar surface area (TPSA) is 23.5 Å². The zero-order chi connectivity index (χ0) is 13.1. The maximum absolute atomic E-state index is 9.69. The second-order valence-electron chi connectivity index (χ2n) is 5.20. The lowest BCUT2D eigenvalue weighted by molar-refractivity contribution is 0.121. The second-order valence-corrected chi connectivity index (χ2v) is 5.20. The van der Waals surface area contributed by atoms with Gasteiger partial charge in [-0.25, -0.2) is 0 Å². The molecule has 98 valence electrons. The summed E-state index contributed by atoms with van der Waals surface area (Å²) in [6.45, 7) is 2.12. The number of aliphatic hydroxyl groups excluding tert-OH is 1. The number of hydrogen-bond acceptors (Lipinski definition) is 2. The number of rotatable bonds is 4. The Bertz CT molecular complexity index is 513. The zero-order valence-corrected chi connectivity index (χ0v) is 11.0. The fraction of sp³-hybridized carbons (Fsp3) is 0.294. The minimum Gasteiger partial charge on any atom is -0.395 e. The molecule has 0 bridgehead atoms. The normalized spacial score (nSPS) is 16.3. The minimum atomic E-state index is 0.204. The van der Waals surface area contributed by atoms with Crippen LogP contribution < -0.4 is 0 Å². The molecule has 2 aromatic carbocycles. The van der Waals surface area contributed by atoms with Crippen molar-refractivity contribution in [3.05, 3.63) is 71.3 Å². The average Bonchev–Trinajstić information content (AvgIpc) is 2.89. The molecule has 0 fully saturated rings. The Morgan fingerprint density at radius 3 is 2.05 bits per heavy atom. The standard InChI is InChI=1S/C17H19NO/c19-13-17(10-14-6-2-1-3-7-14)18-11-15-8-4-5-9-16(15)12-18/h1-9,17,19H,10-13H2/t17-/m1/s1. The van der Waals surface area contributed by atoms with Crippen molar-refractivity contribution in [1.82, 2.24) is 4.90 Å². The highest BCUT2D eigenvalue weighted by Gasteiger charge is 2.25. The number of hydrogen-bond donors (Lipinski definition) is 1. The largest absolute Gasteiger partial charge is 0.395 e. The summed E-state index contributed by atoms with van der Waals surface area (Å²) < 4.78 is 0. The number of aliphatic hydroxyl groups is 1. The average molecular weight is 253 g/mol. The van der Waals surface area contributed by atoms with Crippen LogP contribution in [0, 0.1) is 0 Å². The van der Waals surface area contributed by atoms with Crippen LogP contribution in [0.1, 0.15) is 16.7 Å². The predicted molar refractivity (Wildman–Crippen MR) is 76.7 cm³/mol. The number of nitrogens with zero attached hydrogens (tertiary/aromatic N) is 1. The summed E-state index contributed by atoms with van der Waals surface area (Å²) in [7, 11) is 0. The molecular weight excluding hydrogens is 234 g/mol. The van der Waals surface area contributed by atoms with Gasteiger partial charge in [-0.2, -0.15) is 0 Å². The van der Waals surface area contributed by atoms with Crippen LogP contribution in [0.3, 0.4) is 0 Å². The van der Waals surface area contributed by atoms with Gasteiger partial charge in [-0.15, -0.1) is 0 Å². The highest BCUT2D eigenvalue weighted by Crippen LogP contribution is 2.25. The molecule has 0 spiro atoms. The highest BCUT2D eigenvalue weighted by atomic mass is 16.3. The van der Waals surface area contributed by atoms with Crippen LogP contribution in [-0.2, 0) is 19.5 Å². The monoisotopic (exact) mass is 253 g/mol. The summed E-state index contributed by atoms with van der Waals surface area (Å²) in [5, 5.41) is 9.69. The van der Waals surface area contributed by atoms with Gasteiger partial charge in [0.05, 0.1) is 6.61 Å². The van der Waals surface area contributed by atoms with Gasteiger partial charge in [0, 0.05) is 19.1 Å². The van der Waals surface area contributed by atoms with E-state index in [-0.39, 0.29) is 12.6 Å². The van der Waals surface area contributed by atoms with Crippen molar-refractivity contribution in [2.75, 3.05) is 6.61 Å². The van der Waals surface area contributed by atoms with Crippen molar-refractivity contribution in [2.24, 2.45) is 0 Å². The lowest BCUT2D eigenvalue weighted by Crippen LogP contribution is -2.35. The van der Waals surface area contributed by atoms with Crippen molar-refractivity contribution in [3.63, 3.8) is 0 Å². The van der Waals surface area contributed by atoms with E-state index in [0.29, 0.717) is 0 Å². The fourth-order valence-electron chi connectivity index (χ4n) is 2.81. The van der Waals surface area contributed by atoms with E-state index in [0.717, 1.165) is 19.5 Å². The number of benzene rings is 2. The first-order chi connectivity index (χ1) is 9.36. The molecule has 0 saturated heterocycles. The Balaban J connectivity index is 1.71. The Morgan fingerprint density at radius 2 is 1.47 bits per heavy atom. The molecule has 0 unspecified atom stereocenters. The van der Waals surface area contributed by atoms with Gasteiger partial charge in [0.2, 0.25) is 0 Å². The molecule has 1 aliphatic rings. The van der Waals surface area contributed by atoms with Crippen LogP contribution >= 0.6 is 0 Å². The molecular formula is C17H19NO. The Hall–Kier alpha value is -1.64. The third-order valence-electron chi connectivity index (χ3n) is 3.91. The first-order valence-electron chi connectivity index (χ1n) is 6.82. The van der Waals surface area contributed by atoms with Gasteiger partial charge < -0.3 is 5.11 Å². The quantitative estimate of drug-likeness (QED) is 0.905. The molecule has 1 heterocycles. The lowest BCUT2D eigenvalue weighted by Gasteiger charge is -2.25. The molecule has 2 heteroatoms. The van der Waals surface area contributed by atoms with Gasteiger partial charge in [-0.3, -0.25) is 4.90 Å². The van der Waals surface area contributed by atoms with Crippen molar-refractivity contribution < 1.29 is 5.11 Å². The molecule has 0 saturated carbocycles. The Kier molecular flexibility index (Phi) is 3.62. The summed E-state index contributed by atoms with van der Waals surface area (Å²) >= 11 is 0. The second kappa shape index (κ2) is 5.55. The van der Waals surface area contributed by atoms with Crippen molar-refractivity contribution >= 4 is 0 Å². The molecule has 0 amide bonds. The van der Waals surface area contributed by atoms with E-state index in [1.807, 2.05) is 6.07 Å². The summed E-state index contributed by atoms with van der Waals surface area (Å²) in [6, 6.07) is 19.2. The minimum absolute atomic E-state index is 0.204. The van der Waals surface area contributed by atoms with E-state index in [2.05, 4.69) is 53.4 Å². The van der Waals surface area contributed by atoms with E-state index in [1.165, 1.54) is 16.7 Å². The van der Waals surface area contributed by atoms with Crippen LogP contribution in [0.2, 0.25) is 0 Å². The van der Waals surface area contributed by atoms with Gasteiger partial charge in [-0.1, -0.05) is 54.6 Å². The van der Waals surface area contributed by atoms with Gasteiger partial charge in [0.15, 0.2) is 0 Å². The number of fused-ring (bicyclic) bond motifs is 1. The van der Waals surface area contributed by atoms with Crippen LogP contribution in [-0.4, -0.2) is 22.7 Å². The van der Waals surface area contributed by atoms with Crippen molar-refractivity contribution in [2.45, 2.75) is 25.6 Å². The van der Waals surface area contributed by atoms with Gasteiger partial charge in [0.1, 0.15) is 0 Å². The molecule has 0 radical (unpaired) electrons. The molecule has 1 N–H and O–H groups in total. The Labute approximate surface area is 114 Å². The highest BCUT2D eigenvalue weighted by molar-refractivity contribution is 5.30. The summed E-state index contributed by atoms with van der Waals surface area (Å²) in [5.41, 5.74) is 4.08. The van der Waals surface area contributed by atoms with Gasteiger partial charge in [0.25, 0.3) is 0 Å².